The van der Waals surface area contributed by atoms with Crippen LogP contribution in [0.25, 0.3) is 0 Å². The Hall–Kier alpha value is -1.81. The first-order valence-electron chi connectivity index (χ1n) is 5.64. The van der Waals surface area contributed by atoms with E-state index in [9.17, 15) is 4.79 Å². The molecule has 0 spiro atoms. The molecule has 1 aromatic carbocycles. The van der Waals surface area contributed by atoms with Crippen molar-refractivity contribution in [3.05, 3.63) is 52.8 Å². The third-order valence-corrected chi connectivity index (χ3v) is 2.99. The van der Waals surface area contributed by atoms with Crippen LogP contribution in [-0.2, 0) is 24.8 Å². The zero-order chi connectivity index (χ0) is 13.0. The summed E-state index contributed by atoms with van der Waals surface area (Å²) in [5, 5.41) is 7.41. The van der Waals surface area contributed by atoms with E-state index in [0.717, 1.165) is 11.3 Å². The van der Waals surface area contributed by atoms with Gasteiger partial charge in [-0.2, -0.15) is 5.10 Å². The monoisotopic (exact) mass is 263 g/mol. The maximum Gasteiger partial charge on any atom is 0.224 e. The highest BCUT2D eigenvalue weighted by Crippen LogP contribution is 2.13. The molecule has 0 unspecified atom stereocenters. The van der Waals surface area contributed by atoms with Crippen molar-refractivity contribution in [1.29, 1.82) is 0 Å². The second-order valence-electron chi connectivity index (χ2n) is 4.00. The van der Waals surface area contributed by atoms with Gasteiger partial charge in [0.2, 0.25) is 5.91 Å². The number of benzene rings is 1. The fourth-order valence-corrected chi connectivity index (χ4v) is 1.89. The van der Waals surface area contributed by atoms with Crippen LogP contribution < -0.4 is 5.32 Å². The fraction of sp³-hybridized carbons (Fsp3) is 0.231. The maximum atomic E-state index is 11.7. The molecular weight excluding hydrogens is 250 g/mol. The van der Waals surface area contributed by atoms with E-state index in [1.54, 1.807) is 17.9 Å². The van der Waals surface area contributed by atoms with Crippen LogP contribution in [0.5, 0.6) is 0 Å². The standard InChI is InChI=1S/C13H14ClN3O/c1-17-12(11(14)8-16-17)9-15-13(18)7-10-5-3-2-4-6-10/h2-6,8H,7,9H2,1H3,(H,15,18). The Labute approximate surface area is 111 Å². The second kappa shape index (κ2) is 5.69. The van der Waals surface area contributed by atoms with E-state index in [1.807, 2.05) is 30.3 Å². The SMILES string of the molecule is Cn1ncc(Cl)c1CNC(=O)Cc1ccccc1. The Morgan fingerprint density at radius 1 is 1.39 bits per heavy atom. The molecule has 4 nitrogen and oxygen atoms in total. The van der Waals surface area contributed by atoms with Crippen molar-refractivity contribution in [2.45, 2.75) is 13.0 Å². The largest absolute Gasteiger partial charge is 0.350 e. The molecule has 0 saturated heterocycles. The smallest absolute Gasteiger partial charge is 0.224 e. The minimum Gasteiger partial charge on any atom is -0.350 e. The lowest BCUT2D eigenvalue weighted by Gasteiger charge is -2.06. The van der Waals surface area contributed by atoms with E-state index < -0.39 is 0 Å². The van der Waals surface area contributed by atoms with Gasteiger partial charge >= 0.3 is 0 Å². The molecule has 1 heterocycles. The van der Waals surface area contributed by atoms with Crippen molar-refractivity contribution in [3.63, 3.8) is 0 Å². The van der Waals surface area contributed by atoms with Crippen LogP contribution in [0.2, 0.25) is 5.02 Å². The number of carbonyl (C=O) groups excluding carboxylic acids is 1. The molecule has 18 heavy (non-hydrogen) atoms. The van der Waals surface area contributed by atoms with Gasteiger partial charge in [0.25, 0.3) is 0 Å². The van der Waals surface area contributed by atoms with E-state index in [-0.39, 0.29) is 5.91 Å². The molecule has 2 aromatic rings. The second-order valence-corrected chi connectivity index (χ2v) is 4.41. The van der Waals surface area contributed by atoms with E-state index in [0.29, 0.717) is 18.0 Å². The number of hydrogen-bond acceptors (Lipinski definition) is 2. The average Bonchev–Trinajstić information content (AvgIpc) is 2.68. The molecule has 0 radical (unpaired) electrons. The van der Waals surface area contributed by atoms with Gasteiger partial charge < -0.3 is 5.32 Å². The lowest BCUT2D eigenvalue weighted by molar-refractivity contribution is -0.120. The van der Waals surface area contributed by atoms with Crippen LogP contribution in [0, 0.1) is 0 Å². The number of hydrogen-bond donors (Lipinski definition) is 1. The lowest BCUT2D eigenvalue weighted by Crippen LogP contribution is -2.25. The van der Waals surface area contributed by atoms with Crippen LogP contribution >= 0.6 is 11.6 Å². The highest BCUT2D eigenvalue weighted by molar-refractivity contribution is 6.31. The first kappa shape index (κ1) is 12.6. The van der Waals surface area contributed by atoms with Crippen molar-refractivity contribution in [1.82, 2.24) is 15.1 Å². The number of rotatable bonds is 4. The number of aromatic nitrogens is 2. The summed E-state index contributed by atoms with van der Waals surface area (Å²) in [7, 11) is 1.80. The van der Waals surface area contributed by atoms with Crippen LogP contribution in [0.4, 0.5) is 0 Å². The highest BCUT2D eigenvalue weighted by Gasteiger charge is 2.08. The molecule has 94 valence electrons. The summed E-state index contributed by atoms with van der Waals surface area (Å²) in [6.45, 7) is 0.390. The topological polar surface area (TPSA) is 46.9 Å². The molecule has 1 N–H and O–H groups in total. The zero-order valence-electron chi connectivity index (χ0n) is 10.1. The van der Waals surface area contributed by atoms with E-state index in [2.05, 4.69) is 10.4 Å². The summed E-state index contributed by atoms with van der Waals surface area (Å²) < 4.78 is 1.66. The summed E-state index contributed by atoms with van der Waals surface area (Å²) in [4.78, 5) is 11.7. The number of nitrogens with one attached hydrogen (secondary N) is 1. The van der Waals surface area contributed by atoms with Crippen molar-refractivity contribution < 1.29 is 4.79 Å². The summed E-state index contributed by atoms with van der Waals surface area (Å²) in [6.07, 6.45) is 1.94. The molecule has 2 rings (SSSR count). The Morgan fingerprint density at radius 2 is 2.11 bits per heavy atom. The van der Waals surface area contributed by atoms with E-state index >= 15 is 0 Å². The highest BCUT2D eigenvalue weighted by atomic mass is 35.5. The average molecular weight is 264 g/mol. The first-order valence-corrected chi connectivity index (χ1v) is 6.01. The van der Waals surface area contributed by atoms with E-state index in [4.69, 9.17) is 11.6 Å². The first-order chi connectivity index (χ1) is 8.66. The molecule has 1 amide bonds. The minimum atomic E-state index is -0.0292. The maximum absolute atomic E-state index is 11.7. The van der Waals surface area contributed by atoms with Crippen molar-refractivity contribution >= 4 is 17.5 Å². The fourth-order valence-electron chi connectivity index (χ4n) is 1.66. The molecule has 0 saturated carbocycles. The number of carbonyl (C=O) groups is 1. The molecule has 0 aliphatic rings. The van der Waals surface area contributed by atoms with Gasteiger partial charge in [0.1, 0.15) is 0 Å². The summed E-state index contributed by atoms with van der Waals surface area (Å²) in [6, 6.07) is 9.62. The molecule has 0 fully saturated rings. The Balaban J connectivity index is 1.89. The molecule has 0 aliphatic carbocycles. The summed E-state index contributed by atoms with van der Waals surface area (Å²) in [5.41, 5.74) is 1.80. The van der Waals surface area contributed by atoms with Gasteiger partial charge in [-0.3, -0.25) is 9.48 Å². The molecular formula is C13H14ClN3O. The van der Waals surface area contributed by atoms with Gasteiger partial charge in [-0.15, -0.1) is 0 Å². The van der Waals surface area contributed by atoms with Crippen molar-refractivity contribution in [3.8, 4) is 0 Å². The van der Waals surface area contributed by atoms with Gasteiger partial charge in [-0.25, -0.2) is 0 Å². The molecule has 1 aromatic heterocycles. The quantitative estimate of drug-likeness (QED) is 0.916. The number of amides is 1. The van der Waals surface area contributed by atoms with Crippen LogP contribution in [0.3, 0.4) is 0 Å². The third kappa shape index (κ3) is 3.11. The Bertz CT molecular complexity index is 517. The predicted octanol–water partition coefficient (Wildman–Crippen LogP) is 1.93. The Morgan fingerprint density at radius 3 is 2.72 bits per heavy atom. The molecule has 0 atom stereocenters. The molecule has 0 bridgehead atoms. The van der Waals surface area contributed by atoms with Crippen LogP contribution in [0.15, 0.2) is 36.5 Å². The van der Waals surface area contributed by atoms with Gasteiger partial charge in [0.15, 0.2) is 0 Å². The summed E-state index contributed by atoms with van der Waals surface area (Å²) in [5.74, 6) is -0.0292. The predicted molar refractivity (Wildman–Crippen MR) is 70.2 cm³/mol. The van der Waals surface area contributed by atoms with Crippen LogP contribution in [-0.4, -0.2) is 15.7 Å². The lowest BCUT2D eigenvalue weighted by atomic mass is 10.1. The third-order valence-electron chi connectivity index (χ3n) is 2.67. The van der Waals surface area contributed by atoms with Gasteiger partial charge in [-0.05, 0) is 5.56 Å². The normalized spacial score (nSPS) is 10.3. The summed E-state index contributed by atoms with van der Waals surface area (Å²) >= 11 is 5.95. The van der Waals surface area contributed by atoms with Gasteiger partial charge in [0, 0.05) is 7.05 Å². The number of aryl methyl sites for hydroxylation is 1. The number of halogens is 1. The zero-order valence-corrected chi connectivity index (χ0v) is 10.8. The van der Waals surface area contributed by atoms with Crippen molar-refractivity contribution in [2.24, 2.45) is 7.05 Å². The van der Waals surface area contributed by atoms with Crippen LogP contribution in [0.1, 0.15) is 11.3 Å². The molecule has 0 aliphatic heterocycles. The molecule has 5 heteroatoms. The Kier molecular flexibility index (Phi) is 3.99. The van der Waals surface area contributed by atoms with Crippen molar-refractivity contribution in [2.75, 3.05) is 0 Å². The van der Waals surface area contributed by atoms with E-state index in [1.165, 1.54) is 0 Å². The number of nitrogens with zero attached hydrogens (tertiary/aromatic N) is 2. The van der Waals surface area contributed by atoms with Gasteiger partial charge in [0.05, 0.1) is 29.9 Å². The minimum absolute atomic E-state index is 0.0292. The van der Waals surface area contributed by atoms with Gasteiger partial charge in [-0.1, -0.05) is 41.9 Å².